The highest BCUT2D eigenvalue weighted by Gasteiger charge is 2.20. The van der Waals surface area contributed by atoms with Gasteiger partial charge in [0.05, 0.1) is 6.54 Å². The van der Waals surface area contributed by atoms with Crippen LogP contribution in [0.4, 0.5) is 4.39 Å². The lowest BCUT2D eigenvalue weighted by molar-refractivity contribution is -0.122. The van der Waals surface area contributed by atoms with Gasteiger partial charge in [-0.2, -0.15) is 0 Å². The van der Waals surface area contributed by atoms with Crippen molar-refractivity contribution >= 4 is 5.91 Å². The van der Waals surface area contributed by atoms with E-state index in [1.807, 2.05) is 0 Å². The fraction of sp³-hybridized carbons (Fsp3) is 0.562. The summed E-state index contributed by atoms with van der Waals surface area (Å²) in [5, 5.41) is 2.92. The fourth-order valence-electron chi connectivity index (χ4n) is 2.74. The van der Waals surface area contributed by atoms with Gasteiger partial charge >= 0.3 is 0 Å². The number of nitrogens with zero attached hydrogens (tertiary/aromatic N) is 1. The van der Waals surface area contributed by atoms with E-state index in [9.17, 15) is 9.18 Å². The van der Waals surface area contributed by atoms with Gasteiger partial charge in [-0.1, -0.05) is 12.1 Å². The molecule has 1 aliphatic heterocycles. The monoisotopic (exact) mass is 293 g/mol. The first kappa shape index (κ1) is 15.9. The molecule has 4 nitrogen and oxygen atoms in total. The molecule has 0 radical (unpaired) electrons. The van der Waals surface area contributed by atoms with Crippen molar-refractivity contribution in [3.8, 4) is 0 Å². The van der Waals surface area contributed by atoms with E-state index in [-0.39, 0.29) is 11.7 Å². The summed E-state index contributed by atoms with van der Waals surface area (Å²) in [7, 11) is 0. The van der Waals surface area contributed by atoms with Crippen LogP contribution in [0.25, 0.3) is 0 Å². The summed E-state index contributed by atoms with van der Waals surface area (Å²) in [6, 6.07) is 6.38. The second-order valence-electron chi connectivity index (χ2n) is 5.71. The SMILES string of the molecule is NCC1CCCN(CC(=O)NCCc2ccc(F)cc2)C1. The summed E-state index contributed by atoms with van der Waals surface area (Å²) in [5.74, 6) is 0.336. The molecular formula is C16H24FN3O. The van der Waals surface area contributed by atoms with Crippen molar-refractivity contribution < 1.29 is 9.18 Å². The zero-order valence-corrected chi connectivity index (χ0v) is 12.4. The van der Waals surface area contributed by atoms with Gasteiger partial charge in [-0.05, 0) is 56.0 Å². The van der Waals surface area contributed by atoms with Crippen LogP contribution in [0.3, 0.4) is 0 Å². The molecule has 2 rings (SSSR count). The maximum atomic E-state index is 12.8. The minimum Gasteiger partial charge on any atom is -0.355 e. The molecule has 1 aromatic carbocycles. The Hall–Kier alpha value is -1.46. The van der Waals surface area contributed by atoms with Gasteiger partial charge in [0, 0.05) is 13.1 Å². The topological polar surface area (TPSA) is 58.4 Å². The molecule has 0 spiro atoms. The second kappa shape index (κ2) is 8.10. The highest BCUT2D eigenvalue weighted by molar-refractivity contribution is 5.78. The number of hydrogen-bond acceptors (Lipinski definition) is 3. The Morgan fingerprint density at radius 3 is 2.86 bits per heavy atom. The van der Waals surface area contributed by atoms with E-state index in [4.69, 9.17) is 5.73 Å². The standard InChI is InChI=1S/C16H24FN3O/c17-15-5-3-13(4-6-15)7-8-19-16(21)12-20-9-1-2-14(10-18)11-20/h3-6,14H,1-2,7-12,18H2,(H,19,21). The van der Waals surface area contributed by atoms with Crippen molar-refractivity contribution in [2.75, 3.05) is 32.7 Å². The van der Waals surface area contributed by atoms with E-state index in [0.29, 0.717) is 25.6 Å². The first-order valence-electron chi connectivity index (χ1n) is 7.61. The molecule has 1 atom stereocenters. The Bertz CT molecular complexity index is 449. The molecular weight excluding hydrogens is 269 g/mol. The molecule has 0 aromatic heterocycles. The lowest BCUT2D eigenvalue weighted by Crippen LogP contribution is -2.44. The predicted molar refractivity (Wildman–Crippen MR) is 81.3 cm³/mol. The van der Waals surface area contributed by atoms with Gasteiger partial charge in [0.25, 0.3) is 0 Å². The Morgan fingerprint density at radius 2 is 2.14 bits per heavy atom. The summed E-state index contributed by atoms with van der Waals surface area (Å²) in [6.07, 6.45) is 3.00. The van der Waals surface area contributed by atoms with Crippen LogP contribution in [-0.4, -0.2) is 43.5 Å². The summed E-state index contributed by atoms with van der Waals surface area (Å²) in [4.78, 5) is 14.1. The number of halogens is 1. The smallest absolute Gasteiger partial charge is 0.234 e. The molecule has 3 N–H and O–H groups in total. The average molecular weight is 293 g/mol. The van der Waals surface area contributed by atoms with Gasteiger partial charge in [-0.3, -0.25) is 9.69 Å². The van der Waals surface area contributed by atoms with Crippen molar-refractivity contribution in [1.29, 1.82) is 0 Å². The molecule has 1 heterocycles. The predicted octanol–water partition coefficient (Wildman–Crippen LogP) is 1.16. The van der Waals surface area contributed by atoms with Crippen LogP contribution in [0.1, 0.15) is 18.4 Å². The van der Waals surface area contributed by atoms with Crippen molar-refractivity contribution in [2.24, 2.45) is 11.7 Å². The van der Waals surface area contributed by atoms with Crippen molar-refractivity contribution in [3.63, 3.8) is 0 Å². The molecule has 21 heavy (non-hydrogen) atoms. The minimum atomic E-state index is -0.234. The van der Waals surface area contributed by atoms with Gasteiger partial charge in [-0.15, -0.1) is 0 Å². The van der Waals surface area contributed by atoms with Crippen LogP contribution in [-0.2, 0) is 11.2 Å². The maximum Gasteiger partial charge on any atom is 0.234 e. The zero-order chi connectivity index (χ0) is 15.1. The molecule has 1 fully saturated rings. The number of benzene rings is 1. The van der Waals surface area contributed by atoms with Gasteiger partial charge in [0.15, 0.2) is 0 Å². The van der Waals surface area contributed by atoms with E-state index < -0.39 is 0 Å². The van der Waals surface area contributed by atoms with E-state index in [1.165, 1.54) is 18.6 Å². The molecule has 5 heteroatoms. The van der Waals surface area contributed by atoms with Gasteiger partial charge in [0.2, 0.25) is 5.91 Å². The first-order chi connectivity index (χ1) is 10.2. The van der Waals surface area contributed by atoms with Crippen LogP contribution in [0.5, 0.6) is 0 Å². The summed E-state index contributed by atoms with van der Waals surface area (Å²) < 4.78 is 12.8. The van der Waals surface area contributed by atoms with Crippen LogP contribution in [0.15, 0.2) is 24.3 Å². The molecule has 1 amide bonds. The van der Waals surface area contributed by atoms with E-state index >= 15 is 0 Å². The largest absolute Gasteiger partial charge is 0.355 e. The average Bonchev–Trinajstić information content (AvgIpc) is 2.49. The minimum absolute atomic E-state index is 0.0507. The summed E-state index contributed by atoms with van der Waals surface area (Å²) in [6.45, 7) is 3.62. The number of carbonyl (C=O) groups is 1. The molecule has 1 aromatic rings. The normalized spacial score (nSPS) is 19.4. The molecule has 0 aliphatic carbocycles. The Labute approximate surface area is 125 Å². The third-order valence-electron chi connectivity index (χ3n) is 3.95. The number of amides is 1. The second-order valence-corrected chi connectivity index (χ2v) is 5.71. The Balaban J connectivity index is 1.66. The van der Waals surface area contributed by atoms with E-state index in [0.717, 1.165) is 31.5 Å². The molecule has 0 saturated carbocycles. The van der Waals surface area contributed by atoms with Crippen molar-refractivity contribution in [3.05, 3.63) is 35.6 Å². The number of piperidine rings is 1. The maximum absolute atomic E-state index is 12.8. The highest BCUT2D eigenvalue weighted by atomic mass is 19.1. The molecule has 116 valence electrons. The molecule has 1 aliphatic rings. The van der Waals surface area contributed by atoms with Gasteiger partial charge in [-0.25, -0.2) is 4.39 Å². The fourth-order valence-corrected chi connectivity index (χ4v) is 2.74. The van der Waals surface area contributed by atoms with Crippen molar-refractivity contribution in [1.82, 2.24) is 10.2 Å². The van der Waals surface area contributed by atoms with E-state index in [2.05, 4.69) is 10.2 Å². The number of nitrogens with one attached hydrogen (secondary N) is 1. The number of likely N-dealkylation sites (tertiary alicyclic amines) is 1. The lowest BCUT2D eigenvalue weighted by Gasteiger charge is -2.31. The van der Waals surface area contributed by atoms with Crippen LogP contribution >= 0.6 is 0 Å². The van der Waals surface area contributed by atoms with Crippen LogP contribution in [0.2, 0.25) is 0 Å². The van der Waals surface area contributed by atoms with Crippen LogP contribution in [0, 0.1) is 11.7 Å². The first-order valence-corrected chi connectivity index (χ1v) is 7.61. The summed E-state index contributed by atoms with van der Waals surface area (Å²) in [5.41, 5.74) is 6.72. The molecule has 1 unspecified atom stereocenters. The Morgan fingerprint density at radius 1 is 1.38 bits per heavy atom. The molecule has 1 saturated heterocycles. The third kappa shape index (κ3) is 5.44. The van der Waals surface area contributed by atoms with E-state index in [1.54, 1.807) is 12.1 Å². The third-order valence-corrected chi connectivity index (χ3v) is 3.95. The quantitative estimate of drug-likeness (QED) is 0.827. The van der Waals surface area contributed by atoms with Crippen LogP contribution < -0.4 is 11.1 Å². The number of carbonyl (C=O) groups excluding carboxylic acids is 1. The highest BCUT2D eigenvalue weighted by Crippen LogP contribution is 2.14. The molecule has 0 bridgehead atoms. The van der Waals surface area contributed by atoms with Crippen molar-refractivity contribution in [2.45, 2.75) is 19.3 Å². The zero-order valence-electron chi connectivity index (χ0n) is 12.4. The number of hydrogen-bond donors (Lipinski definition) is 2. The van der Waals surface area contributed by atoms with Gasteiger partial charge in [0.1, 0.15) is 5.82 Å². The summed E-state index contributed by atoms with van der Waals surface area (Å²) >= 11 is 0. The number of nitrogens with two attached hydrogens (primary N) is 1. The number of rotatable bonds is 6. The van der Waals surface area contributed by atoms with Gasteiger partial charge < -0.3 is 11.1 Å². The Kier molecular flexibility index (Phi) is 6.14. The lowest BCUT2D eigenvalue weighted by atomic mass is 9.98.